The van der Waals surface area contributed by atoms with Gasteiger partial charge in [0.15, 0.2) is 0 Å². The Morgan fingerprint density at radius 1 is 1.07 bits per heavy atom. The van der Waals surface area contributed by atoms with Gasteiger partial charge < -0.3 is 20.0 Å². The molecule has 0 spiro atoms. The summed E-state index contributed by atoms with van der Waals surface area (Å²) < 4.78 is 0. The van der Waals surface area contributed by atoms with Crippen LogP contribution >= 0.6 is 11.3 Å². The Kier molecular flexibility index (Phi) is 6.10. The number of pyridine rings is 1. The maximum atomic E-state index is 12.6. The number of aromatic nitrogens is 1. The van der Waals surface area contributed by atoms with Gasteiger partial charge >= 0.3 is 0 Å². The number of carbonyl (C=O) groups is 2. The van der Waals surface area contributed by atoms with Gasteiger partial charge in [0.25, 0.3) is 5.91 Å². The quantitative estimate of drug-likeness (QED) is 0.834. The second-order valence-electron chi connectivity index (χ2n) is 7.73. The highest BCUT2D eigenvalue weighted by molar-refractivity contribution is 7.12. The third-order valence-electron chi connectivity index (χ3n) is 5.73. The molecule has 2 fully saturated rings. The summed E-state index contributed by atoms with van der Waals surface area (Å²) in [5.41, 5.74) is 0.727. The predicted molar refractivity (Wildman–Crippen MR) is 116 cm³/mol. The van der Waals surface area contributed by atoms with Crippen LogP contribution in [-0.2, 0) is 4.79 Å². The van der Waals surface area contributed by atoms with Crippen LogP contribution in [-0.4, -0.2) is 72.9 Å². The molecule has 2 saturated heterocycles. The van der Waals surface area contributed by atoms with Crippen molar-refractivity contribution in [3.63, 3.8) is 0 Å². The fourth-order valence-corrected chi connectivity index (χ4v) is 4.52. The summed E-state index contributed by atoms with van der Waals surface area (Å²) in [6.45, 7) is 5.25. The first-order valence-electron chi connectivity index (χ1n) is 10.1. The van der Waals surface area contributed by atoms with Gasteiger partial charge in [-0.1, -0.05) is 6.07 Å². The molecule has 1 N–H and O–H groups in total. The summed E-state index contributed by atoms with van der Waals surface area (Å²) in [6.07, 6.45) is 3.12. The zero-order valence-electron chi connectivity index (χ0n) is 16.7. The van der Waals surface area contributed by atoms with Crippen LogP contribution in [0.15, 0.2) is 35.8 Å². The van der Waals surface area contributed by atoms with Crippen molar-refractivity contribution in [2.45, 2.75) is 12.8 Å². The number of likely N-dealkylation sites (tertiary alicyclic amines) is 1. The van der Waals surface area contributed by atoms with E-state index in [0.29, 0.717) is 25.9 Å². The van der Waals surface area contributed by atoms with E-state index in [1.807, 2.05) is 34.5 Å². The molecule has 4 rings (SSSR count). The molecule has 0 atom stereocenters. The zero-order chi connectivity index (χ0) is 20.2. The fourth-order valence-electron chi connectivity index (χ4n) is 3.83. The summed E-state index contributed by atoms with van der Waals surface area (Å²) in [4.78, 5) is 36.8. The average Bonchev–Trinajstić information content (AvgIpc) is 3.29. The molecule has 0 aromatic carbocycles. The van der Waals surface area contributed by atoms with Gasteiger partial charge in [0, 0.05) is 45.2 Å². The van der Waals surface area contributed by atoms with E-state index in [1.54, 1.807) is 6.20 Å². The van der Waals surface area contributed by atoms with Crippen LogP contribution in [0.4, 0.5) is 11.5 Å². The van der Waals surface area contributed by atoms with Crippen molar-refractivity contribution in [2.24, 2.45) is 5.92 Å². The van der Waals surface area contributed by atoms with Gasteiger partial charge in [-0.15, -0.1) is 11.3 Å². The van der Waals surface area contributed by atoms with Crippen molar-refractivity contribution in [2.75, 3.05) is 56.5 Å². The van der Waals surface area contributed by atoms with E-state index in [9.17, 15) is 9.59 Å². The van der Waals surface area contributed by atoms with E-state index in [0.717, 1.165) is 42.6 Å². The van der Waals surface area contributed by atoms with Gasteiger partial charge in [-0.05, 0) is 43.5 Å². The van der Waals surface area contributed by atoms with Crippen LogP contribution < -0.4 is 10.2 Å². The molecular formula is C21H27N5O2S. The molecule has 4 heterocycles. The van der Waals surface area contributed by atoms with Crippen molar-refractivity contribution < 1.29 is 9.59 Å². The number of anilines is 2. The van der Waals surface area contributed by atoms with Crippen LogP contribution in [0.25, 0.3) is 0 Å². The van der Waals surface area contributed by atoms with Crippen molar-refractivity contribution in [1.82, 2.24) is 14.8 Å². The summed E-state index contributed by atoms with van der Waals surface area (Å²) in [7, 11) is 2.13. The Morgan fingerprint density at radius 3 is 2.45 bits per heavy atom. The molecular weight excluding hydrogens is 386 g/mol. The van der Waals surface area contributed by atoms with E-state index >= 15 is 0 Å². The van der Waals surface area contributed by atoms with Crippen molar-refractivity contribution in [1.29, 1.82) is 0 Å². The second-order valence-corrected chi connectivity index (χ2v) is 8.68. The molecule has 8 heteroatoms. The second kappa shape index (κ2) is 8.92. The minimum absolute atomic E-state index is 0.0161. The lowest BCUT2D eigenvalue weighted by Crippen LogP contribution is -2.44. The van der Waals surface area contributed by atoms with Crippen molar-refractivity contribution >= 4 is 34.7 Å². The normalized spacial score (nSPS) is 18.7. The highest BCUT2D eigenvalue weighted by Gasteiger charge is 2.28. The van der Waals surface area contributed by atoms with E-state index in [-0.39, 0.29) is 17.7 Å². The molecule has 0 bridgehead atoms. The smallest absolute Gasteiger partial charge is 0.263 e. The molecule has 0 aliphatic carbocycles. The van der Waals surface area contributed by atoms with Crippen LogP contribution in [0.5, 0.6) is 0 Å². The summed E-state index contributed by atoms with van der Waals surface area (Å²) >= 11 is 1.46. The van der Waals surface area contributed by atoms with Crippen LogP contribution in [0.2, 0.25) is 0 Å². The van der Waals surface area contributed by atoms with Crippen molar-refractivity contribution in [3.05, 3.63) is 40.7 Å². The van der Waals surface area contributed by atoms with Gasteiger partial charge in [0.1, 0.15) is 5.82 Å². The number of rotatable bonds is 4. The Labute approximate surface area is 175 Å². The Hall–Kier alpha value is -2.45. The Bertz CT molecular complexity index is 823. The first-order chi connectivity index (χ1) is 14.1. The van der Waals surface area contributed by atoms with Crippen molar-refractivity contribution in [3.8, 4) is 0 Å². The van der Waals surface area contributed by atoms with E-state index in [1.165, 1.54) is 11.3 Å². The third-order valence-corrected chi connectivity index (χ3v) is 6.59. The standard InChI is InChI=1S/C21H27N5O2S/c1-24-10-12-25(13-11-24)19-5-4-17(15-22-19)23-20(27)16-6-8-26(9-7-16)21(28)18-3-2-14-29-18/h2-5,14-16H,6-13H2,1H3,(H,23,27). The lowest BCUT2D eigenvalue weighted by Gasteiger charge is -2.33. The fraction of sp³-hybridized carbons (Fsp3) is 0.476. The number of piperidine rings is 1. The largest absolute Gasteiger partial charge is 0.354 e. The number of hydrogen-bond donors (Lipinski definition) is 1. The summed E-state index contributed by atoms with van der Waals surface area (Å²) in [5.74, 6) is 0.973. The SMILES string of the molecule is CN1CCN(c2ccc(NC(=O)C3CCN(C(=O)c4cccs4)CC3)cn2)CC1. The highest BCUT2D eigenvalue weighted by Crippen LogP contribution is 2.23. The predicted octanol–water partition coefficient (Wildman–Crippen LogP) is 2.39. The molecule has 29 heavy (non-hydrogen) atoms. The minimum atomic E-state index is -0.0697. The van der Waals surface area contributed by atoms with Gasteiger partial charge in [-0.25, -0.2) is 4.98 Å². The first-order valence-corrected chi connectivity index (χ1v) is 11.0. The molecule has 2 amide bonds. The lowest BCUT2D eigenvalue weighted by molar-refractivity contribution is -0.121. The van der Waals surface area contributed by atoms with Crippen LogP contribution in [0.1, 0.15) is 22.5 Å². The zero-order valence-corrected chi connectivity index (χ0v) is 17.5. The lowest BCUT2D eigenvalue weighted by atomic mass is 9.95. The first kappa shape index (κ1) is 19.8. The monoisotopic (exact) mass is 413 g/mol. The summed E-state index contributed by atoms with van der Waals surface area (Å²) in [6, 6.07) is 7.64. The molecule has 0 radical (unpaired) electrons. The number of nitrogens with one attached hydrogen (secondary N) is 1. The molecule has 2 aliphatic rings. The topological polar surface area (TPSA) is 68.8 Å². The van der Waals surface area contributed by atoms with E-state index in [4.69, 9.17) is 0 Å². The molecule has 2 aromatic heterocycles. The van der Waals surface area contributed by atoms with Crippen LogP contribution in [0, 0.1) is 5.92 Å². The molecule has 0 unspecified atom stereocenters. The summed E-state index contributed by atoms with van der Waals surface area (Å²) in [5, 5.41) is 4.90. The molecule has 7 nitrogen and oxygen atoms in total. The number of piperazine rings is 1. The Morgan fingerprint density at radius 2 is 1.83 bits per heavy atom. The number of amides is 2. The number of thiophene rings is 1. The van der Waals surface area contributed by atoms with E-state index in [2.05, 4.69) is 27.1 Å². The third kappa shape index (κ3) is 4.76. The highest BCUT2D eigenvalue weighted by atomic mass is 32.1. The molecule has 154 valence electrons. The number of nitrogens with zero attached hydrogens (tertiary/aromatic N) is 4. The average molecular weight is 414 g/mol. The maximum Gasteiger partial charge on any atom is 0.263 e. The minimum Gasteiger partial charge on any atom is -0.354 e. The van der Waals surface area contributed by atoms with Gasteiger partial charge in [-0.3, -0.25) is 9.59 Å². The van der Waals surface area contributed by atoms with Gasteiger partial charge in [-0.2, -0.15) is 0 Å². The molecule has 2 aliphatic heterocycles. The van der Waals surface area contributed by atoms with Gasteiger partial charge in [0.2, 0.25) is 5.91 Å². The number of hydrogen-bond acceptors (Lipinski definition) is 6. The number of likely N-dealkylation sites (N-methyl/N-ethyl adjacent to an activating group) is 1. The van der Waals surface area contributed by atoms with Crippen LogP contribution in [0.3, 0.4) is 0 Å². The Balaban J connectivity index is 1.27. The number of carbonyl (C=O) groups excluding carboxylic acids is 2. The molecule has 0 saturated carbocycles. The van der Waals surface area contributed by atoms with Gasteiger partial charge in [0.05, 0.1) is 16.8 Å². The maximum absolute atomic E-state index is 12.6. The molecule has 2 aromatic rings. The van der Waals surface area contributed by atoms with E-state index < -0.39 is 0 Å².